The zero-order valence-electron chi connectivity index (χ0n) is 48.9. The van der Waals surface area contributed by atoms with Crippen molar-refractivity contribution >= 4 is 11.9 Å². The van der Waals surface area contributed by atoms with Crippen molar-refractivity contribution in [2.75, 3.05) is 13.2 Å². The van der Waals surface area contributed by atoms with Gasteiger partial charge in [-0.15, -0.1) is 0 Å². The summed E-state index contributed by atoms with van der Waals surface area (Å²) in [7, 11) is 0. The topological polar surface area (TPSA) is 95.9 Å². The van der Waals surface area contributed by atoms with Gasteiger partial charge in [-0.2, -0.15) is 0 Å². The van der Waals surface area contributed by atoms with Crippen molar-refractivity contribution in [3.05, 3.63) is 12.2 Å². The first-order valence-corrected chi connectivity index (χ1v) is 32.9. The lowest BCUT2D eigenvalue weighted by molar-refractivity contribution is -0.143. The largest absolute Gasteiger partial charge is 0.466 e. The van der Waals surface area contributed by atoms with Gasteiger partial charge in [-0.3, -0.25) is 9.59 Å². The van der Waals surface area contributed by atoms with E-state index < -0.39 is 12.1 Å². The van der Waals surface area contributed by atoms with Crippen LogP contribution in [0.2, 0.25) is 0 Å². The molecule has 0 heterocycles. The molecule has 0 saturated heterocycles. The molecule has 0 aliphatic rings. The van der Waals surface area contributed by atoms with Gasteiger partial charge in [0.1, 0.15) is 0 Å². The number of carbonyl (C=O) groups is 2. The van der Waals surface area contributed by atoms with Crippen LogP contribution in [0.5, 0.6) is 0 Å². The smallest absolute Gasteiger partial charge is 0.305 e. The highest BCUT2D eigenvalue weighted by molar-refractivity contribution is 5.76. The number of aliphatic hydroxyl groups is 2. The maximum atomic E-state index is 12.5. The Labute approximate surface area is 450 Å². The predicted octanol–water partition coefficient (Wildman–Crippen LogP) is 20.8. The molecule has 0 rings (SSSR count). The monoisotopic (exact) mass is 1020 g/mol. The Kier molecular flexibility index (Phi) is 60.9. The highest BCUT2D eigenvalue weighted by Crippen LogP contribution is 2.19. The first-order chi connectivity index (χ1) is 35.5. The van der Waals surface area contributed by atoms with E-state index in [0.29, 0.717) is 25.9 Å². The first kappa shape index (κ1) is 70.6. The molecule has 0 spiro atoms. The zero-order valence-corrected chi connectivity index (χ0v) is 48.9. The highest BCUT2D eigenvalue weighted by Gasteiger charge is 2.20. The van der Waals surface area contributed by atoms with Crippen LogP contribution in [-0.2, 0) is 14.3 Å². The third kappa shape index (κ3) is 57.9. The lowest BCUT2D eigenvalue weighted by atomic mass is 10.0. The van der Waals surface area contributed by atoms with E-state index in [9.17, 15) is 19.8 Å². The number of ether oxygens (including phenoxy) is 1. The number of rotatable bonds is 62. The number of unbranched alkanes of at least 4 members (excludes halogenated alkanes) is 49. The maximum absolute atomic E-state index is 12.5. The van der Waals surface area contributed by atoms with E-state index in [1.54, 1.807) is 0 Å². The van der Waals surface area contributed by atoms with E-state index in [-0.39, 0.29) is 18.5 Å². The average Bonchev–Trinajstić information content (AvgIpc) is 3.38. The van der Waals surface area contributed by atoms with Gasteiger partial charge in [0.05, 0.1) is 25.4 Å². The number of nitrogens with one attached hydrogen (secondary N) is 1. The van der Waals surface area contributed by atoms with Crippen LogP contribution >= 0.6 is 0 Å². The molecular formula is C66H129NO5. The molecule has 0 aliphatic carbocycles. The molecule has 0 saturated carbocycles. The van der Waals surface area contributed by atoms with Crippen molar-refractivity contribution in [3.8, 4) is 0 Å². The first-order valence-electron chi connectivity index (χ1n) is 32.9. The molecule has 72 heavy (non-hydrogen) atoms. The van der Waals surface area contributed by atoms with Crippen molar-refractivity contribution in [2.45, 2.75) is 386 Å². The number of carbonyl (C=O) groups excluding carboxylic acids is 2. The molecule has 0 radical (unpaired) electrons. The summed E-state index contributed by atoms with van der Waals surface area (Å²) in [5, 5.41) is 23.4. The number of hydrogen-bond donors (Lipinski definition) is 3. The second-order valence-electron chi connectivity index (χ2n) is 22.8. The SMILES string of the molecule is CCCC/C=C\CCCCCCCC(=O)OCCCCCCCCCCCCCCCCCCCCCCCCCCCC(=O)NC(CO)C(O)CCCCCCCCCCCCCCCCCCCCC. The van der Waals surface area contributed by atoms with Gasteiger partial charge in [0, 0.05) is 12.8 Å². The molecule has 0 fully saturated rings. The molecule has 3 N–H and O–H groups in total. The van der Waals surface area contributed by atoms with E-state index >= 15 is 0 Å². The third-order valence-corrected chi connectivity index (χ3v) is 15.6. The van der Waals surface area contributed by atoms with Crippen LogP contribution in [0.3, 0.4) is 0 Å². The fraction of sp³-hybridized carbons (Fsp3) is 0.939. The van der Waals surface area contributed by atoms with E-state index in [1.807, 2.05) is 0 Å². The number of allylic oxidation sites excluding steroid dienone is 2. The highest BCUT2D eigenvalue weighted by atomic mass is 16.5. The molecule has 0 aromatic rings. The Bertz CT molecular complexity index is 1080. The van der Waals surface area contributed by atoms with E-state index in [1.165, 1.54) is 295 Å². The summed E-state index contributed by atoms with van der Waals surface area (Å²) < 4.78 is 5.46. The summed E-state index contributed by atoms with van der Waals surface area (Å²) in [6.07, 6.45) is 75.3. The van der Waals surface area contributed by atoms with Gasteiger partial charge in [-0.1, -0.05) is 328 Å². The van der Waals surface area contributed by atoms with Crippen LogP contribution in [0.25, 0.3) is 0 Å². The fourth-order valence-corrected chi connectivity index (χ4v) is 10.5. The predicted molar refractivity (Wildman–Crippen MR) is 315 cm³/mol. The van der Waals surface area contributed by atoms with Crippen LogP contribution < -0.4 is 5.32 Å². The van der Waals surface area contributed by atoms with Crippen LogP contribution in [-0.4, -0.2) is 47.4 Å². The number of esters is 1. The lowest BCUT2D eigenvalue weighted by Gasteiger charge is -2.22. The van der Waals surface area contributed by atoms with Crippen molar-refractivity contribution < 1.29 is 24.5 Å². The van der Waals surface area contributed by atoms with Gasteiger partial charge in [-0.05, 0) is 44.9 Å². The zero-order chi connectivity index (χ0) is 52.2. The van der Waals surface area contributed by atoms with Crippen molar-refractivity contribution in [2.24, 2.45) is 0 Å². The van der Waals surface area contributed by atoms with E-state index in [4.69, 9.17) is 4.74 Å². The summed E-state index contributed by atoms with van der Waals surface area (Å²) in [6, 6.07) is -0.540. The van der Waals surface area contributed by atoms with E-state index in [2.05, 4.69) is 31.3 Å². The summed E-state index contributed by atoms with van der Waals surface area (Å²) in [4.78, 5) is 24.5. The molecular weight excluding hydrogens is 887 g/mol. The second kappa shape index (κ2) is 62.1. The second-order valence-corrected chi connectivity index (χ2v) is 22.8. The van der Waals surface area contributed by atoms with Crippen LogP contribution in [0, 0.1) is 0 Å². The Morgan fingerprint density at radius 2 is 0.667 bits per heavy atom. The van der Waals surface area contributed by atoms with Gasteiger partial charge >= 0.3 is 5.97 Å². The Hall–Kier alpha value is -1.40. The van der Waals surface area contributed by atoms with Crippen molar-refractivity contribution in [1.82, 2.24) is 5.32 Å². The van der Waals surface area contributed by atoms with Gasteiger partial charge in [0.25, 0.3) is 0 Å². The third-order valence-electron chi connectivity index (χ3n) is 15.6. The van der Waals surface area contributed by atoms with Gasteiger partial charge in [-0.25, -0.2) is 0 Å². The summed E-state index contributed by atoms with van der Waals surface area (Å²) in [5.41, 5.74) is 0. The number of aliphatic hydroxyl groups excluding tert-OH is 2. The van der Waals surface area contributed by atoms with Crippen LogP contribution in [0.1, 0.15) is 373 Å². The Morgan fingerprint density at radius 3 is 1.03 bits per heavy atom. The molecule has 0 aliphatic heterocycles. The number of amides is 1. The van der Waals surface area contributed by atoms with Gasteiger partial charge in [0.2, 0.25) is 5.91 Å². The van der Waals surface area contributed by atoms with Crippen molar-refractivity contribution in [1.29, 1.82) is 0 Å². The minimum atomic E-state index is -0.663. The molecule has 2 atom stereocenters. The number of hydrogen-bond acceptors (Lipinski definition) is 5. The summed E-state index contributed by atoms with van der Waals surface area (Å²) >= 11 is 0. The van der Waals surface area contributed by atoms with Gasteiger partial charge < -0.3 is 20.3 Å². The van der Waals surface area contributed by atoms with Gasteiger partial charge in [0.15, 0.2) is 0 Å². The van der Waals surface area contributed by atoms with E-state index in [0.717, 1.165) is 44.9 Å². The molecule has 0 aromatic heterocycles. The molecule has 6 nitrogen and oxygen atoms in total. The van der Waals surface area contributed by atoms with Crippen LogP contribution in [0.15, 0.2) is 12.2 Å². The Balaban J connectivity index is 3.36. The summed E-state index contributed by atoms with van der Waals surface area (Å²) in [5.74, 6) is -0.0232. The maximum Gasteiger partial charge on any atom is 0.305 e. The Morgan fingerprint density at radius 1 is 0.375 bits per heavy atom. The molecule has 6 heteroatoms. The molecule has 1 amide bonds. The standard InChI is InChI=1S/C66H129NO5/c1-3-5-7-9-11-13-15-16-17-18-26-29-32-35-39-42-46-50-54-58-64(69)63(62-68)67-65(70)59-55-51-47-43-40-36-33-30-27-24-22-20-19-21-23-25-28-31-34-37-41-45-49-53-57-61-72-66(71)60-56-52-48-44-38-14-12-10-8-6-4-2/h10,12,63-64,68-69H,3-9,11,13-62H2,1-2H3,(H,67,70)/b12-10-. The molecule has 428 valence electrons. The molecule has 0 bridgehead atoms. The fourth-order valence-electron chi connectivity index (χ4n) is 10.5. The summed E-state index contributed by atoms with van der Waals surface area (Å²) in [6.45, 7) is 4.95. The lowest BCUT2D eigenvalue weighted by Crippen LogP contribution is -2.45. The minimum absolute atomic E-state index is 0.00606. The minimum Gasteiger partial charge on any atom is -0.466 e. The van der Waals surface area contributed by atoms with Crippen LogP contribution in [0.4, 0.5) is 0 Å². The van der Waals surface area contributed by atoms with Crippen molar-refractivity contribution in [3.63, 3.8) is 0 Å². The average molecular weight is 1020 g/mol. The molecule has 0 aromatic carbocycles. The quantitative estimate of drug-likeness (QED) is 0.0320. The molecule has 2 unspecified atom stereocenters. The normalized spacial score (nSPS) is 12.6.